The number of nitrogens with zero attached hydrogens (tertiary/aromatic N) is 2. The first-order valence-electron chi connectivity index (χ1n) is 11.1. The fourth-order valence-corrected chi connectivity index (χ4v) is 4.49. The van der Waals surface area contributed by atoms with Crippen molar-refractivity contribution in [3.05, 3.63) is 21.4 Å². The normalized spacial score (nSPS) is 17.9. The van der Waals surface area contributed by atoms with E-state index in [0.29, 0.717) is 5.41 Å². The van der Waals surface area contributed by atoms with Gasteiger partial charge >= 0.3 is 5.97 Å². The molecule has 1 aromatic rings. The van der Waals surface area contributed by atoms with Gasteiger partial charge in [0.05, 0.1) is 27.6 Å². The van der Waals surface area contributed by atoms with Crippen molar-refractivity contribution >= 4 is 27.6 Å². The number of hydrogen-bond acceptors (Lipinski definition) is 5. The lowest BCUT2D eigenvalue weighted by molar-refractivity contribution is -0.171. The molecule has 1 fully saturated rings. The van der Waals surface area contributed by atoms with Crippen molar-refractivity contribution in [3.63, 3.8) is 0 Å². The van der Waals surface area contributed by atoms with Crippen LogP contribution in [0.5, 0.6) is 0 Å². The minimum absolute atomic E-state index is 0.213. The predicted octanol–water partition coefficient (Wildman–Crippen LogP) is 6.29. The van der Waals surface area contributed by atoms with Crippen LogP contribution in [-0.2, 0) is 14.3 Å². The van der Waals surface area contributed by atoms with E-state index in [1.807, 2.05) is 48.5 Å². The summed E-state index contributed by atoms with van der Waals surface area (Å²) < 4.78 is 12.8. The zero-order valence-corrected chi connectivity index (χ0v) is 21.8. The number of hydrogen-bond donors (Lipinski definition) is 0. The first kappa shape index (κ1) is 25.1. The molecule has 0 bridgehead atoms. The summed E-state index contributed by atoms with van der Waals surface area (Å²) in [5, 5.41) is 0. The van der Waals surface area contributed by atoms with Crippen molar-refractivity contribution in [2.24, 2.45) is 5.41 Å². The number of aromatic nitrogens is 1. The number of carbonyl (C=O) groups excluding carboxylic acids is 1. The first-order valence-corrected chi connectivity index (χ1v) is 11.9. The van der Waals surface area contributed by atoms with E-state index in [0.717, 1.165) is 53.0 Å². The van der Waals surface area contributed by atoms with Gasteiger partial charge in [0.2, 0.25) is 0 Å². The SMILES string of the molecule is CCC1(C)CCN(c2c(Br)c(C)nc(C)c2[C@H](OC(C)(C)C)C(=O)OC(C)C)CC1. The third kappa shape index (κ3) is 5.97. The molecule has 1 atom stereocenters. The molecule has 0 saturated carbocycles. The largest absolute Gasteiger partial charge is 0.461 e. The van der Waals surface area contributed by atoms with Crippen LogP contribution in [0.1, 0.15) is 90.8 Å². The molecule has 1 saturated heterocycles. The van der Waals surface area contributed by atoms with E-state index in [-0.39, 0.29) is 12.1 Å². The number of halogens is 1. The van der Waals surface area contributed by atoms with Gasteiger partial charge in [-0.05, 0) is 82.7 Å². The second-order valence-electron chi connectivity index (χ2n) is 10.1. The van der Waals surface area contributed by atoms with Crippen molar-refractivity contribution in [1.82, 2.24) is 4.98 Å². The van der Waals surface area contributed by atoms with Gasteiger partial charge in [0, 0.05) is 24.3 Å². The number of rotatable bonds is 6. The number of aryl methyl sites for hydroxylation is 2. The highest BCUT2D eigenvalue weighted by atomic mass is 79.9. The molecule has 170 valence electrons. The number of ether oxygens (including phenoxy) is 2. The highest BCUT2D eigenvalue weighted by molar-refractivity contribution is 9.10. The monoisotopic (exact) mass is 482 g/mol. The molecule has 2 heterocycles. The van der Waals surface area contributed by atoms with Gasteiger partial charge in [-0.2, -0.15) is 0 Å². The number of pyridine rings is 1. The molecule has 5 nitrogen and oxygen atoms in total. The molecule has 0 aromatic carbocycles. The van der Waals surface area contributed by atoms with Gasteiger partial charge < -0.3 is 14.4 Å². The lowest BCUT2D eigenvalue weighted by Crippen LogP contribution is -2.40. The zero-order valence-electron chi connectivity index (χ0n) is 20.2. The summed E-state index contributed by atoms with van der Waals surface area (Å²) in [5.74, 6) is -0.364. The van der Waals surface area contributed by atoms with Crippen molar-refractivity contribution in [2.45, 2.75) is 99.4 Å². The van der Waals surface area contributed by atoms with Gasteiger partial charge in [0.15, 0.2) is 6.10 Å². The Labute approximate surface area is 191 Å². The maximum atomic E-state index is 13.2. The Hall–Kier alpha value is -1.14. The van der Waals surface area contributed by atoms with Crippen LogP contribution in [0.2, 0.25) is 0 Å². The Balaban J connectivity index is 2.58. The molecule has 0 N–H and O–H groups in total. The maximum absolute atomic E-state index is 13.2. The molecule has 1 aromatic heterocycles. The Morgan fingerprint density at radius 3 is 2.23 bits per heavy atom. The van der Waals surface area contributed by atoms with Crippen molar-refractivity contribution < 1.29 is 14.3 Å². The first-order chi connectivity index (χ1) is 13.8. The zero-order chi connectivity index (χ0) is 22.9. The van der Waals surface area contributed by atoms with Gasteiger partial charge in [0.25, 0.3) is 0 Å². The minimum atomic E-state index is -0.828. The summed E-state index contributed by atoms with van der Waals surface area (Å²) >= 11 is 3.78. The minimum Gasteiger partial charge on any atom is -0.461 e. The fourth-order valence-electron chi connectivity index (χ4n) is 3.94. The Bertz CT molecular complexity index is 763. The summed E-state index contributed by atoms with van der Waals surface area (Å²) in [6.45, 7) is 20.1. The molecule has 0 amide bonds. The number of esters is 1. The third-order valence-electron chi connectivity index (χ3n) is 5.95. The average Bonchev–Trinajstić information content (AvgIpc) is 2.62. The highest BCUT2D eigenvalue weighted by Crippen LogP contribution is 2.44. The van der Waals surface area contributed by atoms with Crippen molar-refractivity contribution in [3.8, 4) is 0 Å². The summed E-state index contributed by atoms with van der Waals surface area (Å²) in [6, 6.07) is 0. The second-order valence-corrected chi connectivity index (χ2v) is 10.9. The lowest BCUT2D eigenvalue weighted by Gasteiger charge is -2.42. The van der Waals surface area contributed by atoms with Gasteiger partial charge in [-0.1, -0.05) is 20.3 Å². The molecule has 2 rings (SSSR count). The summed E-state index contributed by atoms with van der Waals surface area (Å²) in [6.07, 6.45) is 2.38. The Kier molecular flexibility index (Phi) is 8.00. The topological polar surface area (TPSA) is 51.7 Å². The number of anilines is 1. The molecular formula is C24H39BrN2O3. The van der Waals surface area contributed by atoms with Crippen LogP contribution in [0.3, 0.4) is 0 Å². The van der Waals surface area contributed by atoms with Gasteiger partial charge in [-0.3, -0.25) is 4.98 Å². The second kappa shape index (κ2) is 9.56. The highest BCUT2D eigenvalue weighted by Gasteiger charge is 2.37. The maximum Gasteiger partial charge on any atom is 0.340 e. The number of carbonyl (C=O) groups is 1. The average molecular weight is 483 g/mol. The third-order valence-corrected chi connectivity index (χ3v) is 6.90. The molecule has 0 unspecified atom stereocenters. The smallest absolute Gasteiger partial charge is 0.340 e. The molecule has 30 heavy (non-hydrogen) atoms. The fraction of sp³-hybridized carbons (Fsp3) is 0.750. The van der Waals surface area contributed by atoms with Gasteiger partial charge in [-0.15, -0.1) is 0 Å². The van der Waals surface area contributed by atoms with Crippen molar-refractivity contribution in [1.29, 1.82) is 0 Å². The van der Waals surface area contributed by atoms with Crippen molar-refractivity contribution in [2.75, 3.05) is 18.0 Å². The Morgan fingerprint density at radius 1 is 1.20 bits per heavy atom. The van der Waals surface area contributed by atoms with E-state index in [1.165, 1.54) is 6.42 Å². The summed E-state index contributed by atoms with van der Waals surface area (Å²) in [4.78, 5) is 20.3. The standard InChI is InChI=1S/C24H39BrN2O3/c1-10-24(9)11-13-27(14-12-24)20-18(16(4)26-17(5)19(20)25)21(30-23(6,7)8)22(28)29-15(2)3/h15,21H,10-14H2,1-9H3/t21-/m0/s1. The van der Waals surface area contributed by atoms with Crippen LogP contribution in [0.15, 0.2) is 4.47 Å². The molecule has 0 aliphatic carbocycles. The summed E-state index contributed by atoms with van der Waals surface area (Å²) in [5.41, 5.74) is 3.43. The predicted molar refractivity (Wildman–Crippen MR) is 126 cm³/mol. The van der Waals surface area contributed by atoms with Crippen LogP contribution < -0.4 is 4.90 Å². The molecule has 1 aliphatic rings. The Morgan fingerprint density at radius 2 is 1.77 bits per heavy atom. The number of piperidine rings is 1. The van der Waals surface area contributed by atoms with E-state index in [1.54, 1.807) is 0 Å². The molecule has 0 radical (unpaired) electrons. The molecule has 0 spiro atoms. The van der Waals surface area contributed by atoms with Crippen LogP contribution in [0, 0.1) is 19.3 Å². The van der Waals surface area contributed by atoms with E-state index < -0.39 is 11.7 Å². The molecule has 1 aliphatic heterocycles. The van der Waals surface area contributed by atoms with E-state index in [4.69, 9.17) is 14.5 Å². The van der Waals surface area contributed by atoms with Gasteiger partial charge in [-0.25, -0.2) is 4.79 Å². The summed E-state index contributed by atoms with van der Waals surface area (Å²) in [7, 11) is 0. The van der Waals surface area contributed by atoms with Crippen LogP contribution in [0.4, 0.5) is 5.69 Å². The van der Waals surface area contributed by atoms with E-state index in [9.17, 15) is 4.79 Å². The molecule has 6 heteroatoms. The quantitative estimate of drug-likeness (QED) is 0.446. The molecular weight excluding hydrogens is 444 g/mol. The van der Waals surface area contributed by atoms with E-state index >= 15 is 0 Å². The van der Waals surface area contributed by atoms with Crippen LogP contribution in [-0.4, -0.2) is 35.7 Å². The van der Waals surface area contributed by atoms with Gasteiger partial charge in [0.1, 0.15) is 0 Å². The van der Waals surface area contributed by atoms with E-state index in [2.05, 4.69) is 34.7 Å². The van der Waals surface area contributed by atoms with Crippen LogP contribution >= 0.6 is 15.9 Å². The lowest BCUT2D eigenvalue weighted by atomic mass is 9.78. The van der Waals surface area contributed by atoms with Crippen LogP contribution in [0.25, 0.3) is 0 Å².